The van der Waals surface area contributed by atoms with Gasteiger partial charge in [-0.05, 0) is 47.2 Å². The van der Waals surface area contributed by atoms with Crippen molar-refractivity contribution in [1.82, 2.24) is 0 Å². The highest BCUT2D eigenvalue weighted by molar-refractivity contribution is 5.67. The molecule has 0 saturated carbocycles. The Bertz CT molecular complexity index is 862. The van der Waals surface area contributed by atoms with Crippen LogP contribution in [0.25, 0.3) is 0 Å². The summed E-state index contributed by atoms with van der Waals surface area (Å²) in [5.74, 6) is 0. The van der Waals surface area contributed by atoms with Gasteiger partial charge in [0.1, 0.15) is 0 Å². The Morgan fingerprint density at radius 3 is 1.96 bits per heavy atom. The molecule has 3 rings (SSSR count). The number of hydrogen-bond donors (Lipinski definition) is 1. The third kappa shape index (κ3) is 3.67. The lowest BCUT2D eigenvalue weighted by Gasteiger charge is -2.27. The van der Waals surface area contributed by atoms with E-state index in [-0.39, 0.29) is 5.41 Å². The molecule has 3 aromatic carbocycles. The van der Waals surface area contributed by atoms with Crippen LogP contribution in [0.3, 0.4) is 0 Å². The van der Waals surface area contributed by atoms with Crippen LogP contribution < -0.4 is 5.32 Å². The van der Waals surface area contributed by atoms with Crippen molar-refractivity contribution in [2.24, 2.45) is 0 Å². The SMILES string of the molecule is CCc1ccccc1Nc1ccc(C(C)(C)c2ccccc2)cc1CC. The summed E-state index contributed by atoms with van der Waals surface area (Å²) < 4.78 is 0. The number of nitrogens with one attached hydrogen (secondary N) is 1. The molecule has 1 nitrogen and oxygen atoms in total. The molecule has 0 heterocycles. The Hall–Kier alpha value is -2.54. The van der Waals surface area contributed by atoms with E-state index in [1.165, 1.54) is 33.6 Å². The van der Waals surface area contributed by atoms with Crippen LogP contribution in [0.4, 0.5) is 11.4 Å². The molecule has 1 heteroatoms. The molecule has 0 unspecified atom stereocenters. The number of para-hydroxylation sites is 1. The predicted octanol–water partition coefficient (Wildman–Crippen LogP) is 6.88. The molecule has 1 N–H and O–H groups in total. The molecular weight excluding hydrogens is 314 g/mol. The van der Waals surface area contributed by atoms with Crippen LogP contribution in [0, 0.1) is 0 Å². The zero-order chi connectivity index (χ0) is 18.6. The van der Waals surface area contributed by atoms with E-state index in [2.05, 4.69) is 106 Å². The van der Waals surface area contributed by atoms with Gasteiger partial charge in [-0.15, -0.1) is 0 Å². The number of aryl methyl sites for hydroxylation is 2. The fourth-order valence-electron chi connectivity index (χ4n) is 3.51. The predicted molar refractivity (Wildman–Crippen MR) is 113 cm³/mol. The van der Waals surface area contributed by atoms with Gasteiger partial charge in [-0.2, -0.15) is 0 Å². The van der Waals surface area contributed by atoms with Gasteiger partial charge in [-0.3, -0.25) is 0 Å². The van der Waals surface area contributed by atoms with Crippen LogP contribution in [-0.2, 0) is 18.3 Å². The molecule has 0 spiro atoms. The molecular formula is C25H29N. The van der Waals surface area contributed by atoms with Crippen molar-refractivity contribution in [1.29, 1.82) is 0 Å². The van der Waals surface area contributed by atoms with E-state index in [0.29, 0.717) is 0 Å². The molecule has 0 saturated heterocycles. The summed E-state index contributed by atoms with van der Waals surface area (Å²) in [7, 11) is 0. The van der Waals surface area contributed by atoms with Crippen molar-refractivity contribution in [3.8, 4) is 0 Å². The molecule has 0 aliphatic rings. The zero-order valence-electron chi connectivity index (χ0n) is 16.3. The Kier molecular flexibility index (Phi) is 5.46. The van der Waals surface area contributed by atoms with Crippen molar-refractivity contribution >= 4 is 11.4 Å². The van der Waals surface area contributed by atoms with Gasteiger partial charge in [0.15, 0.2) is 0 Å². The van der Waals surface area contributed by atoms with Gasteiger partial charge in [0.05, 0.1) is 0 Å². The van der Waals surface area contributed by atoms with Crippen LogP contribution in [0.2, 0.25) is 0 Å². The zero-order valence-corrected chi connectivity index (χ0v) is 16.3. The number of hydrogen-bond acceptors (Lipinski definition) is 1. The summed E-state index contributed by atoms with van der Waals surface area (Å²) in [6.45, 7) is 9.03. The maximum Gasteiger partial charge on any atom is 0.0416 e. The standard InChI is InChI=1S/C25H29N/c1-5-19-12-10-11-15-23(19)26-24-17-16-22(18-20(24)6-2)25(3,4)21-13-8-7-9-14-21/h7-18,26H,5-6H2,1-4H3. The van der Waals surface area contributed by atoms with Crippen LogP contribution in [0.1, 0.15) is 49.9 Å². The van der Waals surface area contributed by atoms with E-state index in [4.69, 9.17) is 0 Å². The molecule has 0 bridgehead atoms. The van der Waals surface area contributed by atoms with Crippen LogP contribution in [0.5, 0.6) is 0 Å². The minimum absolute atomic E-state index is 0.00889. The molecule has 0 aliphatic heterocycles. The molecule has 0 aliphatic carbocycles. The smallest absolute Gasteiger partial charge is 0.0416 e. The summed E-state index contributed by atoms with van der Waals surface area (Å²) in [6, 6.07) is 26.2. The Balaban J connectivity index is 1.96. The van der Waals surface area contributed by atoms with Gasteiger partial charge in [-0.25, -0.2) is 0 Å². The summed E-state index contributed by atoms with van der Waals surface area (Å²) in [4.78, 5) is 0. The summed E-state index contributed by atoms with van der Waals surface area (Å²) in [5.41, 5.74) is 7.82. The third-order valence-electron chi connectivity index (χ3n) is 5.37. The third-order valence-corrected chi connectivity index (χ3v) is 5.37. The lowest BCUT2D eigenvalue weighted by molar-refractivity contribution is 0.640. The first kappa shape index (κ1) is 18.3. The minimum atomic E-state index is -0.00889. The van der Waals surface area contributed by atoms with Crippen molar-refractivity contribution in [3.05, 3.63) is 95.1 Å². The van der Waals surface area contributed by atoms with E-state index >= 15 is 0 Å². The maximum atomic E-state index is 3.66. The second kappa shape index (κ2) is 7.78. The quantitative estimate of drug-likeness (QED) is 0.514. The molecule has 3 aromatic rings. The lowest BCUT2D eigenvalue weighted by atomic mass is 9.77. The number of benzene rings is 3. The summed E-state index contributed by atoms with van der Waals surface area (Å²) in [5, 5.41) is 3.66. The second-order valence-electron chi connectivity index (χ2n) is 7.35. The molecule has 0 atom stereocenters. The topological polar surface area (TPSA) is 12.0 Å². The van der Waals surface area contributed by atoms with E-state index < -0.39 is 0 Å². The Morgan fingerprint density at radius 1 is 0.654 bits per heavy atom. The van der Waals surface area contributed by atoms with Gasteiger partial charge in [0, 0.05) is 16.8 Å². The van der Waals surface area contributed by atoms with Crippen molar-refractivity contribution in [2.75, 3.05) is 5.32 Å². The van der Waals surface area contributed by atoms with Crippen molar-refractivity contribution in [3.63, 3.8) is 0 Å². The van der Waals surface area contributed by atoms with Gasteiger partial charge < -0.3 is 5.32 Å². The molecule has 0 fully saturated rings. The average molecular weight is 344 g/mol. The van der Waals surface area contributed by atoms with Crippen LogP contribution in [0.15, 0.2) is 72.8 Å². The fourth-order valence-corrected chi connectivity index (χ4v) is 3.51. The largest absolute Gasteiger partial charge is 0.355 e. The molecule has 134 valence electrons. The molecule has 26 heavy (non-hydrogen) atoms. The molecule has 0 radical (unpaired) electrons. The van der Waals surface area contributed by atoms with E-state index in [1.807, 2.05) is 0 Å². The highest BCUT2D eigenvalue weighted by Gasteiger charge is 2.23. The molecule has 0 amide bonds. The normalized spacial score (nSPS) is 11.4. The van der Waals surface area contributed by atoms with Crippen LogP contribution >= 0.6 is 0 Å². The number of rotatable bonds is 6. The highest BCUT2D eigenvalue weighted by atomic mass is 14.9. The van der Waals surface area contributed by atoms with Crippen LogP contribution in [-0.4, -0.2) is 0 Å². The monoisotopic (exact) mass is 343 g/mol. The fraction of sp³-hybridized carbons (Fsp3) is 0.280. The first-order valence-electron chi connectivity index (χ1n) is 9.60. The van der Waals surface area contributed by atoms with Gasteiger partial charge in [0.25, 0.3) is 0 Å². The van der Waals surface area contributed by atoms with Gasteiger partial charge in [0.2, 0.25) is 0 Å². The summed E-state index contributed by atoms with van der Waals surface area (Å²) in [6.07, 6.45) is 2.04. The van der Waals surface area contributed by atoms with E-state index in [9.17, 15) is 0 Å². The maximum absolute atomic E-state index is 3.66. The van der Waals surface area contributed by atoms with Crippen molar-refractivity contribution in [2.45, 2.75) is 46.0 Å². The van der Waals surface area contributed by atoms with E-state index in [0.717, 1.165) is 12.8 Å². The minimum Gasteiger partial charge on any atom is -0.355 e. The molecule has 0 aromatic heterocycles. The van der Waals surface area contributed by atoms with E-state index in [1.54, 1.807) is 0 Å². The first-order valence-corrected chi connectivity index (χ1v) is 9.60. The second-order valence-corrected chi connectivity index (χ2v) is 7.35. The Labute approximate surface area is 158 Å². The first-order chi connectivity index (χ1) is 12.6. The Morgan fingerprint density at radius 2 is 1.27 bits per heavy atom. The number of anilines is 2. The van der Waals surface area contributed by atoms with Gasteiger partial charge in [-0.1, -0.05) is 88.4 Å². The highest BCUT2D eigenvalue weighted by Crippen LogP contribution is 2.34. The summed E-state index contributed by atoms with van der Waals surface area (Å²) >= 11 is 0. The van der Waals surface area contributed by atoms with Gasteiger partial charge >= 0.3 is 0 Å². The van der Waals surface area contributed by atoms with Crippen molar-refractivity contribution < 1.29 is 0 Å². The average Bonchev–Trinajstić information content (AvgIpc) is 2.69. The lowest BCUT2D eigenvalue weighted by Crippen LogP contribution is -2.19.